The molecule has 0 bridgehead atoms. The Morgan fingerprint density at radius 2 is 2.17 bits per heavy atom. The molecule has 1 atom stereocenters. The maximum atomic E-state index is 12.6. The number of hydrogen-bond donors (Lipinski definition) is 2. The minimum Gasteiger partial charge on any atom is -0.459 e. The van der Waals surface area contributed by atoms with E-state index in [0.29, 0.717) is 41.1 Å². The first-order chi connectivity index (χ1) is 14.2. The summed E-state index contributed by atoms with van der Waals surface area (Å²) >= 11 is 0. The van der Waals surface area contributed by atoms with Crippen LogP contribution in [0.1, 0.15) is 19.1 Å². The largest absolute Gasteiger partial charge is 0.459 e. The lowest BCUT2D eigenvalue weighted by Crippen LogP contribution is -2.29. The van der Waals surface area contributed by atoms with Gasteiger partial charge in [0.1, 0.15) is 17.2 Å². The summed E-state index contributed by atoms with van der Waals surface area (Å²) in [5.41, 5.74) is 1.68. The van der Waals surface area contributed by atoms with Gasteiger partial charge in [-0.1, -0.05) is 0 Å². The number of aromatic nitrogens is 2. The molecule has 4 rings (SSSR count). The molecule has 1 aliphatic rings. The number of aryl methyl sites for hydroxylation is 1. The summed E-state index contributed by atoms with van der Waals surface area (Å²) in [6, 6.07) is 5.05. The van der Waals surface area contributed by atoms with Gasteiger partial charge >= 0.3 is 0 Å². The maximum absolute atomic E-state index is 12.6. The molecule has 30 heavy (non-hydrogen) atoms. The van der Waals surface area contributed by atoms with Gasteiger partial charge in [-0.05, 0) is 30.2 Å². The Morgan fingerprint density at radius 1 is 1.37 bits per heavy atom. The molecule has 1 saturated heterocycles. The van der Waals surface area contributed by atoms with E-state index in [-0.39, 0.29) is 29.0 Å². The molecule has 4 heterocycles. The molecule has 1 unspecified atom stereocenters. The summed E-state index contributed by atoms with van der Waals surface area (Å²) in [5.74, 6) is 1.02. The Hall–Kier alpha value is -2.98. The van der Waals surface area contributed by atoms with Gasteiger partial charge in [-0.15, -0.1) is 0 Å². The second kappa shape index (κ2) is 7.69. The van der Waals surface area contributed by atoms with Gasteiger partial charge < -0.3 is 19.6 Å². The number of amides is 1. The van der Waals surface area contributed by atoms with Crippen molar-refractivity contribution in [3.8, 4) is 11.1 Å². The standard InChI is InChI=1S/C20H22N4O5S/c1-12(25)23-18-7-13(3-5-21-18)17-10-24(2)20(26)16-8-15(29-19(16)17)9-22-14-4-6-30(27,28)11-14/h3,5,7-8,10,14,22H,4,6,9,11H2,1-2H3,(H,21,23,25). The lowest BCUT2D eigenvalue weighted by molar-refractivity contribution is -0.114. The zero-order chi connectivity index (χ0) is 21.5. The van der Waals surface area contributed by atoms with Crippen LogP contribution in [0.25, 0.3) is 22.1 Å². The van der Waals surface area contributed by atoms with Crippen molar-refractivity contribution in [2.75, 3.05) is 16.8 Å². The van der Waals surface area contributed by atoms with E-state index in [0.717, 1.165) is 5.56 Å². The molecular weight excluding hydrogens is 408 g/mol. The van der Waals surface area contributed by atoms with Gasteiger partial charge in [-0.3, -0.25) is 9.59 Å². The van der Waals surface area contributed by atoms with E-state index >= 15 is 0 Å². The topological polar surface area (TPSA) is 123 Å². The molecule has 3 aromatic heterocycles. The van der Waals surface area contributed by atoms with Crippen LogP contribution in [-0.2, 0) is 28.2 Å². The van der Waals surface area contributed by atoms with Crippen LogP contribution in [0.2, 0.25) is 0 Å². The minimum absolute atomic E-state index is 0.114. The van der Waals surface area contributed by atoms with E-state index in [2.05, 4.69) is 15.6 Å². The van der Waals surface area contributed by atoms with Crippen molar-refractivity contribution in [1.82, 2.24) is 14.9 Å². The Labute approximate surface area is 173 Å². The number of anilines is 1. The van der Waals surface area contributed by atoms with E-state index in [1.165, 1.54) is 11.5 Å². The minimum atomic E-state index is -2.97. The van der Waals surface area contributed by atoms with Crippen molar-refractivity contribution in [2.24, 2.45) is 7.05 Å². The zero-order valence-electron chi connectivity index (χ0n) is 16.6. The van der Waals surface area contributed by atoms with E-state index in [1.54, 1.807) is 37.6 Å². The molecule has 1 fully saturated rings. The molecule has 1 amide bonds. The molecule has 2 N–H and O–H groups in total. The summed E-state index contributed by atoms with van der Waals surface area (Å²) in [4.78, 5) is 28.1. The molecule has 0 aliphatic carbocycles. The average Bonchev–Trinajstić information content (AvgIpc) is 3.26. The summed E-state index contributed by atoms with van der Waals surface area (Å²) in [7, 11) is -1.31. The SMILES string of the molecule is CC(=O)Nc1cc(-c2cn(C)c(=O)c3cc(CNC4CCS(=O)(=O)C4)oc23)ccn1. The summed E-state index contributed by atoms with van der Waals surface area (Å²) < 4.78 is 30.7. The highest BCUT2D eigenvalue weighted by Crippen LogP contribution is 2.30. The highest BCUT2D eigenvalue weighted by Gasteiger charge is 2.27. The Balaban J connectivity index is 1.68. The molecule has 10 heteroatoms. The maximum Gasteiger partial charge on any atom is 0.261 e. The molecular formula is C20H22N4O5S. The zero-order valence-corrected chi connectivity index (χ0v) is 17.5. The van der Waals surface area contributed by atoms with Gasteiger partial charge in [0, 0.05) is 38.0 Å². The Morgan fingerprint density at radius 3 is 2.87 bits per heavy atom. The van der Waals surface area contributed by atoms with Crippen molar-refractivity contribution >= 4 is 32.5 Å². The van der Waals surface area contributed by atoms with Gasteiger partial charge in [0.05, 0.1) is 23.4 Å². The molecule has 1 aliphatic heterocycles. The predicted molar refractivity (Wildman–Crippen MR) is 113 cm³/mol. The number of pyridine rings is 2. The van der Waals surface area contributed by atoms with E-state index in [9.17, 15) is 18.0 Å². The predicted octanol–water partition coefficient (Wildman–Crippen LogP) is 1.43. The smallest absolute Gasteiger partial charge is 0.261 e. The number of nitrogens with one attached hydrogen (secondary N) is 2. The third kappa shape index (κ3) is 4.14. The van der Waals surface area contributed by atoms with E-state index in [1.807, 2.05) is 0 Å². The number of hydrogen-bond acceptors (Lipinski definition) is 7. The van der Waals surface area contributed by atoms with Crippen LogP contribution in [0.15, 0.2) is 39.8 Å². The number of furan rings is 1. The van der Waals surface area contributed by atoms with E-state index in [4.69, 9.17) is 4.42 Å². The Kier molecular flexibility index (Phi) is 5.20. The summed E-state index contributed by atoms with van der Waals surface area (Å²) in [5, 5.41) is 6.28. The summed E-state index contributed by atoms with van der Waals surface area (Å²) in [6.45, 7) is 1.73. The average molecular weight is 430 g/mol. The van der Waals surface area contributed by atoms with Crippen molar-refractivity contribution in [1.29, 1.82) is 0 Å². The number of carbonyl (C=O) groups excluding carboxylic acids is 1. The monoisotopic (exact) mass is 430 g/mol. The first-order valence-corrected chi connectivity index (χ1v) is 11.3. The summed E-state index contributed by atoms with van der Waals surface area (Å²) in [6.07, 6.45) is 3.82. The van der Waals surface area contributed by atoms with Gasteiger partial charge in [0.25, 0.3) is 5.56 Å². The van der Waals surface area contributed by atoms with Gasteiger partial charge in [-0.25, -0.2) is 13.4 Å². The van der Waals surface area contributed by atoms with Crippen molar-refractivity contribution in [2.45, 2.75) is 25.9 Å². The molecule has 0 radical (unpaired) electrons. The molecule has 0 aromatic carbocycles. The van der Waals surface area contributed by atoms with Crippen molar-refractivity contribution < 1.29 is 17.6 Å². The first-order valence-electron chi connectivity index (χ1n) is 9.52. The molecule has 3 aromatic rings. The highest BCUT2D eigenvalue weighted by atomic mass is 32.2. The number of carbonyl (C=O) groups is 1. The molecule has 9 nitrogen and oxygen atoms in total. The fourth-order valence-corrected chi connectivity index (χ4v) is 5.35. The number of rotatable bonds is 5. The van der Waals surface area contributed by atoms with Crippen molar-refractivity contribution in [3.05, 3.63) is 46.7 Å². The fraction of sp³-hybridized carbons (Fsp3) is 0.350. The highest BCUT2D eigenvalue weighted by molar-refractivity contribution is 7.91. The lowest BCUT2D eigenvalue weighted by atomic mass is 10.1. The van der Waals surface area contributed by atoms with Gasteiger partial charge in [-0.2, -0.15) is 0 Å². The van der Waals surface area contributed by atoms with Crippen LogP contribution in [0.5, 0.6) is 0 Å². The lowest BCUT2D eigenvalue weighted by Gasteiger charge is -2.09. The normalized spacial score (nSPS) is 18.0. The van der Waals surface area contributed by atoms with Gasteiger partial charge in [0.2, 0.25) is 5.91 Å². The number of fused-ring (bicyclic) bond motifs is 1. The van der Waals surface area contributed by atoms with Crippen LogP contribution >= 0.6 is 0 Å². The molecule has 0 spiro atoms. The van der Waals surface area contributed by atoms with Crippen LogP contribution in [0.3, 0.4) is 0 Å². The van der Waals surface area contributed by atoms with Gasteiger partial charge in [0.15, 0.2) is 9.84 Å². The third-order valence-electron chi connectivity index (χ3n) is 5.07. The Bertz CT molecular complexity index is 1290. The molecule has 0 saturated carbocycles. The number of nitrogens with zero attached hydrogens (tertiary/aromatic N) is 2. The fourth-order valence-electron chi connectivity index (χ4n) is 3.64. The van der Waals surface area contributed by atoms with Crippen LogP contribution < -0.4 is 16.2 Å². The second-order valence-electron chi connectivity index (χ2n) is 7.51. The van der Waals surface area contributed by atoms with E-state index < -0.39 is 9.84 Å². The first kappa shape index (κ1) is 20.3. The number of sulfone groups is 1. The molecule has 158 valence electrons. The quantitative estimate of drug-likeness (QED) is 0.628. The van der Waals surface area contributed by atoms with Crippen LogP contribution in [0.4, 0.5) is 5.82 Å². The van der Waals surface area contributed by atoms with Crippen LogP contribution in [-0.4, -0.2) is 41.4 Å². The van der Waals surface area contributed by atoms with Crippen molar-refractivity contribution in [3.63, 3.8) is 0 Å². The van der Waals surface area contributed by atoms with Crippen LogP contribution in [0, 0.1) is 0 Å². The third-order valence-corrected chi connectivity index (χ3v) is 6.84. The second-order valence-corrected chi connectivity index (χ2v) is 9.73.